The first kappa shape index (κ1) is 8.54. The maximum atomic E-state index is 5.17. The van der Waals surface area contributed by atoms with Gasteiger partial charge in [0.05, 0.1) is 5.66 Å². The molecular weight excluding hydrogens is 138 g/mol. The fourth-order valence-electron chi connectivity index (χ4n) is 1.09. The largest absolute Gasteiger partial charge is 0.320 e. The fourth-order valence-corrected chi connectivity index (χ4v) is 1.09. The molecule has 0 aromatic heterocycles. The molecule has 1 saturated heterocycles. The monoisotopic (exact) mass is 153 g/mol. The van der Waals surface area contributed by atoms with Gasteiger partial charge in [-0.05, 0) is 26.4 Å². The molecule has 1 rings (SSSR count). The molecule has 0 bridgehead atoms. The van der Waals surface area contributed by atoms with E-state index in [9.17, 15) is 0 Å². The van der Waals surface area contributed by atoms with Crippen molar-refractivity contribution >= 4 is 0 Å². The van der Waals surface area contributed by atoms with E-state index in [0.717, 1.165) is 25.8 Å². The Balaban J connectivity index is 2.14. The summed E-state index contributed by atoms with van der Waals surface area (Å²) in [5.41, 5.74) is 6.41. The second-order valence-electron chi connectivity index (χ2n) is 2.89. The van der Waals surface area contributed by atoms with Crippen molar-refractivity contribution < 1.29 is 0 Å². The Morgan fingerprint density at radius 3 is 2.64 bits per heavy atom. The molecule has 1 aliphatic rings. The van der Waals surface area contributed by atoms with Gasteiger partial charge < -0.3 is 5.32 Å². The van der Waals surface area contributed by atoms with Gasteiger partial charge in [-0.25, -0.2) is 10.9 Å². The number of hydrogen-bond donors (Lipinski definition) is 3. The van der Waals surface area contributed by atoms with Gasteiger partial charge in [-0.1, -0.05) is 0 Å². The fraction of sp³-hybridized carbons (Fsp3) is 0.750. The number of nitrogens with one attached hydrogen (secondary N) is 3. The molecule has 0 unspecified atom stereocenters. The highest BCUT2D eigenvalue weighted by molar-refractivity contribution is 4.98. The summed E-state index contributed by atoms with van der Waals surface area (Å²) in [6, 6.07) is 0. The normalized spacial score (nSPS) is 19.3. The van der Waals surface area contributed by atoms with Crippen LogP contribution in [0, 0.1) is 12.3 Å². The minimum absolute atomic E-state index is 0.148. The van der Waals surface area contributed by atoms with Crippen molar-refractivity contribution in [2.75, 3.05) is 13.6 Å². The molecule has 11 heavy (non-hydrogen) atoms. The summed E-state index contributed by atoms with van der Waals surface area (Å²) in [4.78, 5) is 0. The summed E-state index contributed by atoms with van der Waals surface area (Å²) in [5, 5.41) is 3.11. The van der Waals surface area contributed by atoms with E-state index < -0.39 is 0 Å². The molecule has 0 aromatic rings. The molecule has 3 nitrogen and oxygen atoms in total. The van der Waals surface area contributed by atoms with Crippen LogP contribution in [-0.2, 0) is 0 Å². The van der Waals surface area contributed by atoms with Crippen LogP contribution in [0.3, 0.4) is 0 Å². The summed E-state index contributed by atoms with van der Waals surface area (Å²) < 4.78 is 0. The van der Waals surface area contributed by atoms with Gasteiger partial charge in [-0.3, -0.25) is 0 Å². The Labute approximate surface area is 67.9 Å². The van der Waals surface area contributed by atoms with Crippen molar-refractivity contribution in [3.8, 4) is 12.3 Å². The second-order valence-corrected chi connectivity index (χ2v) is 2.89. The first-order valence-electron chi connectivity index (χ1n) is 3.95. The second kappa shape index (κ2) is 3.72. The highest BCUT2D eigenvalue weighted by Crippen LogP contribution is 2.20. The molecule has 1 aliphatic heterocycles. The van der Waals surface area contributed by atoms with Crippen molar-refractivity contribution in [1.29, 1.82) is 0 Å². The van der Waals surface area contributed by atoms with Crippen molar-refractivity contribution in [1.82, 2.24) is 16.2 Å². The van der Waals surface area contributed by atoms with Gasteiger partial charge in [0.1, 0.15) is 0 Å². The predicted molar refractivity (Wildman–Crippen MR) is 45.6 cm³/mol. The Bertz CT molecular complexity index is 155. The summed E-state index contributed by atoms with van der Waals surface area (Å²) in [5.74, 6) is 2.64. The van der Waals surface area contributed by atoms with Gasteiger partial charge in [0.2, 0.25) is 0 Å². The van der Waals surface area contributed by atoms with Crippen LogP contribution < -0.4 is 16.2 Å². The van der Waals surface area contributed by atoms with Crippen LogP contribution in [0.4, 0.5) is 0 Å². The Hall–Kier alpha value is -0.560. The van der Waals surface area contributed by atoms with Crippen LogP contribution in [-0.4, -0.2) is 19.3 Å². The van der Waals surface area contributed by atoms with Crippen LogP contribution in [0.2, 0.25) is 0 Å². The first-order valence-corrected chi connectivity index (χ1v) is 3.95. The van der Waals surface area contributed by atoms with Crippen LogP contribution in [0.15, 0.2) is 0 Å². The zero-order valence-electron chi connectivity index (χ0n) is 6.91. The Kier molecular flexibility index (Phi) is 2.89. The van der Waals surface area contributed by atoms with Gasteiger partial charge in [0.15, 0.2) is 0 Å². The molecule has 0 aliphatic carbocycles. The van der Waals surface area contributed by atoms with Crippen molar-refractivity contribution in [3.05, 3.63) is 0 Å². The maximum absolute atomic E-state index is 5.17. The molecule has 3 N–H and O–H groups in total. The lowest BCUT2D eigenvalue weighted by Gasteiger charge is -2.08. The van der Waals surface area contributed by atoms with E-state index >= 15 is 0 Å². The molecule has 1 fully saturated rings. The van der Waals surface area contributed by atoms with E-state index in [0.29, 0.717) is 0 Å². The average Bonchev–Trinajstić information content (AvgIpc) is 2.79. The summed E-state index contributed by atoms with van der Waals surface area (Å²) in [7, 11) is 1.96. The van der Waals surface area contributed by atoms with Crippen LogP contribution in [0.25, 0.3) is 0 Å². The smallest absolute Gasteiger partial charge is 0.0964 e. The lowest BCUT2D eigenvalue weighted by atomic mass is 10.1. The molecule has 0 atom stereocenters. The van der Waals surface area contributed by atoms with Gasteiger partial charge in [-0.15, -0.1) is 12.3 Å². The van der Waals surface area contributed by atoms with Gasteiger partial charge in [0, 0.05) is 6.42 Å². The van der Waals surface area contributed by atoms with E-state index in [1.54, 1.807) is 0 Å². The van der Waals surface area contributed by atoms with E-state index in [1.165, 1.54) is 0 Å². The van der Waals surface area contributed by atoms with Crippen LogP contribution >= 0.6 is 0 Å². The predicted octanol–water partition coefficient (Wildman–Crippen LogP) is -0.187. The lowest BCUT2D eigenvalue weighted by Crippen LogP contribution is -2.23. The molecule has 0 spiro atoms. The third kappa shape index (κ3) is 2.51. The van der Waals surface area contributed by atoms with Crippen molar-refractivity contribution in [2.24, 2.45) is 0 Å². The first-order chi connectivity index (χ1) is 5.33. The molecule has 1 heterocycles. The van der Waals surface area contributed by atoms with Crippen LogP contribution in [0.5, 0.6) is 0 Å². The number of hydrazine groups is 1. The third-order valence-corrected chi connectivity index (χ3v) is 1.98. The van der Waals surface area contributed by atoms with Crippen LogP contribution in [0.1, 0.15) is 19.3 Å². The highest BCUT2D eigenvalue weighted by atomic mass is 15.7. The highest BCUT2D eigenvalue weighted by Gasteiger charge is 2.39. The van der Waals surface area contributed by atoms with Crippen molar-refractivity contribution in [2.45, 2.75) is 24.9 Å². The maximum Gasteiger partial charge on any atom is 0.0964 e. The summed E-state index contributed by atoms with van der Waals surface area (Å²) in [6.07, 6.45) is 8.12. The lowest BCUT2D eigenvalue weighted by molar-refractivity contribution is 0.505. The summed E-state index contributed by atoms with van der Waals surface area (Å²) >= 11 is 0. The Morgan fingerprint density at radius 2 is 2.18 bits per heavy atom. The third-order valence-electron chi connectivity index (χ3n) is 1.98. The summed E-state index contributed by atoms with van der Waals surface area (Å²) in [6.45, 7) is 1.02. The molecule has 0 saturated carbocycles. The average molecular weight is 153 g/mol. The van der Waals surface area contributed by atoms with Crippen molar-refractivity contribution in [3.63, 3.8) is 0 Å². The number of rotatable bonds is 5. The zero-order valence-corrected chi connectivity index (χ0v) is 6.91. The molecule has 3 heteroatoms. The van der Waals surface area contributed by atoms with E-state index in [1.807, 2.05) is 7.05 Å². The minimum Gasteiger partial charge on any atom is -0.320 e. The van der Waals surface area contributed by atoms with E-state index in [2.05, 4.69) is 22.1 Å². The van der Waals surface area contributed by atoms with Gasteiger partial charge in [0.25, 0.3) is 0 Å². The zero-order chi connectivity index (χ0) is 8.16. The number of hydrogen-bond acceptors (Lipinski definition) is 3. The van der Waals surface area contributed by atoms with E-state index in [-0.39, 0.29) is 5.66 Å². The quantitative estimate of drug-likeness (QED) is 0.379. The SMILES string of the molecule is C#CCCC1(CCNC)NN1. The minimum atomic E-state index is 0.148. The molecule has 0 aromatic carbocycles. The topological polar surface area (TPSA) is 55.9 Å². The molecule has 0 radical (unpaired) electrons. The standard InChI is InChI=1S/C8H15N3/c1-3-4-5-8(10-11-8)6-7-9-2/h1,9-11H,4-7H2,2H3. The number of terminal acetylenes is 1. The molecular formula is C8H15N3. The Morgan fingerprint density at radius 1 is 1.45 bits per heavy atom. The molecule has 0 amide bonds. The van der Waals surface area contributed by atoms with Gasteiger partial charge >= 0.3 is 0 Å². The van der Waals surface area contributed by atoms with Gasteiger partial charge in [-0.2, -0.15) is 0 Å². The van der Waals surface area contributed by atoms with E-state index in [4.69, 9.17) is 6.42 Å². The molecule has 62 valence electrons.